The maximum absolute atomic E-state index is 12.7. The van der Waals surface area contributed by atoms with Gasteiger partial charge in [0.1, 0.15) is 0 Å². The number of carbonyl (C=O) groups excluding carboxylic acids is 1. The van der Waals surface area contributed by atoms with Gasteiger partial charge in [-0.05, 0) is 29.5 Å². The zero-order valence-electron chi connectivity index (χ0n) is 10.5. The molecule has 0 N–H and O–H groups in total. The van der Waals surface area contributed by atoms with Gasteiger partial charge >= 0.3 is 12.3 Å². The second-order valence-electron chi connectivity index (χ2n) is 3.64. The standard InChI is InChI=1S/C11H9F5INO3/c1-2-20-7(19)3-5-8(17)6(9(12)13)4-18-10(5)21-11(14,15)16/h4,9H,2-3H2,1H3. The first-order valence-corrected chi connectivity index (χ1v) is 6.60. The smallest absolute Gasteiger partial charge is 0.466 e. The normalized spacial score (nSPS) is 11.6. The van der Waals surface area contributed by atoms with Crippen molar-refractivity contribution >= 4 is 28.6 Å². The number of ether oxygens (including phenoxy) is 2. The van der Waals surface area contributed by atoms with Crippen molar-refractivity contribution in [3.8, 4) is 5.88 Å². The molecule has 0 radical (unpaired) electrons. The minimum atomic E-state index is -5.05. The first kappa shape index (κ1) is 17.9. The maximum atomic E-state index is 12.7. The molecular weight excluding hydrogens is 416 g/mol. The van der Waals surface area contributed by atoms with E-state index in [-0.39, 0.29) is 15.7 Å². The summed E-state index contributed by atoms with van der Waals surface area (Å²) in [5.74, 6) is -1.81. The van der Waals surface area contributed by atoms with Crippen molar-refractivity contribution in [2.75, 3.05) is 6.61 Å². The van der Waals surface area contributed by atoms with Crippen LogP contribution >= 0.6 is 22.6 Å². The van der Waals surface area contributed by atoms with E-state index in [4.69, 9.17) is 0 Å². The van der Waals surface area contributed by atoms with E-state index in [1.807, 2.05) is 0 Å². The monoisotopic (exact) mass is 425 g/mol. The molecule has 1 heterocycles. The fraction of sp³-hybridized carbons (Fsp3) is 0.455. The number of hydrogen-bond donors (Lipinski definition) is 0. The average Bonchev–Trinajstić information content (AvgIpc) is 2.32. The number of esters is 1. The molecule has 1 aromatic heterocycles. The third-order valence-electron chi connectivity index (χ3n) is 2.17. The van der Waals surface area contributed by atoms with Crippen molar-refractivity contribution in [1.29, 1.82) is 0 Å². The van der Waals surface area contributed by atoms with Crippen LogP contribution in [0.3, 0.4) is 0 Å². The molecule has 4 nitrogen and oxygen atoms in total. The largest absolute Gasteiger partial charge is 0.574 e. The predicted octanol–water partition coefficient (Wildman–Crippen LogP) is 3.63. The topological polar surface area (TPSA) is 48.4 Å². The van der Waals surface area contributed by atoms with Crippen LogP contribution in [-0.2, 0) is 16.0 Å². The van der Waals surface area contributed by atoms with E-state index in [0.717, 1.165) is 0 Å². The molecular formula is C11H9F5INO3. The second-order valence-corrected chi connectivity index (χ2v) is 4.72. The van der Waals surface area contributed by atoms with Gasteiger partial charge in [0.05, 0.1) is 13.0 Å². The lowest BCUT2D eigenvalue weighted by Crippen LogP contribution is -2.21. The predicted molar refractivity (Wildman–Crippen MR) is 68.9 cm³/mol. The van der Waals surface area contributed by atoms with Gasteiger partial charge in [-0.1, -0.05) is 0 Å². The lowest BCUT2D eigenvalue weighted by Gasteiger charge is -2.15. The van der Waals surface area contributed by atoms with E-state index in [9.17, 15) is 26.7 Å². The van der Waals surface area contributed by atoms with E-state index >= 15 is 0 Å². The van der Waals surface area contributed by atoms with E-state index < -0.39 is 36.6 Å². The van der Waals surface area contributed by atoms with Crippen molar-refractivity contribution < 1.29 is 36.2 Å². The molecule has 0 bridgehead atoms. The van der Waals surface area contributed by atoms with Gasteiger partial charge in [-0.25, -0.2) is 13.8 Å². The Labute approximate surface area is 129 Å². The van der Waals surface area contributed by atoms with Gasteiger partial charge in [-0.3, -0.25) is 4.79 Å². The number of pyridine rings is 1. The first-order valence-electron chi connectivity index (χ1n) is 5.52. The first-order chi connectivity index (χ1) is 9.65. The Kier molecular flexibility index (Phi) is 6.10. The molecule has 0 amide bonds. The highest BCUT2D eigenvalue weighted by Crippen LogP contribution is 2.33. The summed E-state index contributed by atoms with van der Waals surface area (Å²) >= 11 is 1.42. The van der Waals surface area contributed by atoms with Gasteiger partial charge in [-0.2, -0.15) is 0 Å². The molecule has 10 heteroatoms. The maximum Gasteiger partial charge on any atom is 0.574 e. The van der Waals surface area contributed by atoms with E-state index in [2.05, 4.69) is 14.5 Å². The van der Waals surface area contributed by atoms with Crippen LogP contribution in [0.5, 0.6) is 5.88 Å². The molecule has 0 aliphatic rings. The summed E-state index contributed by atoms with van der Waals surface area (Å²) in [6, 6.07) is 0. The molecule has 1 rings (SSSR count). The quantitative estimate of drug-likeness (QED) is 0.411. The third kappa shape index (κ3) is 5.25. The second kappa shape index (κ2) is 7.18. The molecule has 0 saturated carbocycles. The van der Waals surface area contributed by atoms with Gasteiger partial charge < -0.3 is 9.47 Å². The average molecular weight is 425 g/mol. The molecule has 0 aliphatic carbocycles. The number of nitrogens with zero attached hydrogens (tertiary/aromatic N) is 1. The van der Waals surface area contributed by atoms with Crippen LogP contribution in [0.1, 0.15) is 24.5 Å². The van der Waals surface area contributed by atoms with Gasteiger partial charge in [-0.15, -0.1) is 13.2 Å². The van der Waals surface area contributed by atoms with Crippen molar-refractivity contribution in [2.24, 2.45) is 0 Å². The van der Waals surface area contributed by atoms with Crippen LogP contribution in [0.2, 0.25) is 0 Å². The zero-order chi connectivity index (χ0) is 16.2. The Morgan fingerprint density at radius 2 is 2.05 bits per heavy atom. The number of carbonyl (C=O) groups is 1. The third-order valence-corrected chi connectivity index (χ3v) is 3.45. The van der Waals surface area contributed by atoms with Crippen LogP contribution in [0.4, 0.5) is 22.0 Å². The molecule has 21 heavy (non-hydrogen) atoms. The lowest BCUT2D eigenvalue weighted by atomic mass is 10.1. The van der Waals surface area contributed by atoms with Crippen molar-refractivity contribution in [2.45, 2.75) is 26.1 Å². The number of alkyl halides is 5. The van der Waals surface area contributed by atoms with Gasteiger partial charge in [0.15, 0.2) is 0 Å². The molecule has 1 aromatic rings. The zero-order valence-corrected chi connectivity index (χ0v) is 12.7. The fourth-order valence-corrected chi connectivity index (χ4v) is 2.19. The summed E-state index contributed by atoms with van der Waals surface area (Å²) in [6.07, 6.45) is -8.05. The van der Waals surface area contributed by atoms with Crippen molar-refractivity contribution in [3.63, 3.8) is 0 Å². The molecule has 0 aromatic carbocycles. The SMILES string of the molecule is CCOC(=O)Cc1c(OC(F)(F)F)ncc(C(F)F)c1I. The minimum Gasteiger partial charge on any atom is -0.466 e. The number of aromatic nitrogens is 1. The van der Waals surface area contributed by atoms with E-state index in [1.165, 1.54) is 29.5 Å². The van der Waals surface area contributed by atoms with Crippen LogP contribution < -0.4 is 4.74 Å². The minimum absolute atomic E-state index is 0.00679. The number of rotatable bonds is 5. The van der Waals surface area contributed by atoms with Crippen LogP contribution in [-0.4, -0.2) is 23.9 Å². The lowest BCUT2D eigenvalue weighted by molar-refractivity contribution is -0.276. The molecule has 0 atom stereocenters. The van der Waals surface area contributed by atoms with Crippen molar-refractivity contribution in [3.05, 3.63) is 20.9 Å². The summed E-state index contributed by atoms with van der Waals surface area (Å²) < 4.78 is 70.3. The molecule has 0 fully saturated rings. The van der Waals surface area contributed by atoms with Gasteiger partial charge in [0, 0.05) is 20.9 Å². The molecule has 0 spiro atoms. The molecule has 0 saturated heterocycles. The van der Waals surface area contributed by atoms with E-state index in [0.29, 0.717) is 6.20 Å². The summed E-state index contributed by atoms with van der Waals surface area (Å²) in [5, 5.41) is 0. The number of hydrogen-bond acceptors (Lipinski definition) is 4. The Bertz CT molecular complexity index is 521. The van der Waals surface area contributed by atoms with E-state index in [1.54, 1.807) is 0 Å². The highest BCUT2D eigenvalue weighted by Gasteiger charge is 2.34. The summed E-state index contributed by atoms with van der Waals surface area (Å²) in [4.78, 5) is 14.6. The molecule has 118 valence electrons. The summed E-state index contributed by atoms with van der Waals surface area (Å²) in [6.45, 7) is 1.51. The Morgan fingerprint density at radius 1 is 1.43 bits per heavy atom. The van der Waals surface area contributed by atoms with Crippen LogP contribution in [0, 0.1) is 3.57 Å². The van der Waals surface area contributed by atoms with Gasteiger partial charge in [0.2, 0.25) is 5.88 Å². The van der Waals surface area contributed by atoms with Crippen LogP contribution in [0.15, 0.2) is 6.20 Å². The summed E-state index contributed by atoms with van der Waals surface area (Å²) in [7, 11) is 0. The molecule has 0 aliphatic heterocycles. The van der Waals surface area contributed by atoms with Crippen LogP contribution in [0.25, 0.3) is 0 Å². The highest BCUT2D eigenvalue weighted by atomic mass is 127. The Morgan fingerprint density at radius 3 is 2.52 bits per heavy atom. The highest BCUT2D eigenvalue weighted by molar-refractivity contribution is 14.1. The Hall–Kier alpha value is -1.20. The Balaban J connectivity index is 3.24. The number of halogens is 6. The summed E-state index contributed by atoms with van der Waals surface area (Å²) in [5.41, 5.74) is -0.964. The molecule has 0 unspecified atom stereocenters. The van der Waals surface area contributed by atoms with Gasteiger partial charge in [0.25, 0.3) is 6.43 Å². The van der Waals surface area contributed by atoms with Crippen molar-refractivity contribution in [1.82, 2.24) is 4.98 Å². The fourth-order valence-electron chi connectivity index (χ4n) is 1.39.